The van der Waals surface area contributed by atoms with Crippen molar-refractivity contribution in [2.75, 3.05) is 31.9 Å². The van der Waals surface area contributed by atoms with E-state index >= 15 is 0 Å². The summed E-state index contributed by atoms with van der Waals surface area (Å²) in [6, 6.07) is 0.778. The molecule has 2 fully saturated rings. The normalized spacial score (nSPS) is 23.4. The largest absolute Gasteiger partial charge is 0.299 e. The Balaban J connectivity index is 1.44. The number of rotatable bonds is 7. The minimum Gasteiger partial charge on any atom is -0.299 e. The maximum absolute atomic E-state index is 4.52. The predicted molar refractivity (Wildman–Crippen MR) is 96.8 cm³/mol. The van der Waals surface area contributed by atoms with Crippen molar-refractivity contribution in [1.29, 1.82) is 0 Å². The first-order valence-electron chi connectivity index (χ1n) is 9.25. The summed E-state index contributed by atoms with van der Waals surface area (Å²) in [5.74, 6) is 1.12. The third-order valence-electron chi connectivity index (χ3n) is 4.97. The summed E-state index contributed by atoms with van der Waals surface area (Å²) in [7, 11) is 0. The van der Waals surface area contributed by atoms with Crippen LogP contribution in [0.15, 0.2) is 17.6 Å². The lowest BCUT2D eigenvalue weighted by Crippen LogP contribution is -2.40. The molecule has 0 amide bonds. The topological polar surface area (TPSA) is 32.3 Å². The van der Waals surface area contributed by atoms with Crippen molar-refractivity contribution in [3.05, 3.63) is 18.0 Å². The first kappa shape index (κ1) is 17.2. The Morgan fingerprint density at radius 1 is 1.13 bits per heavy atom. The van der Waals surface area contributed by atoms with E-state index in [4.69, 9.17) is 0 Å². The van der Waals surface area contributed by atoms with Gasteiger partial charge in [-0.1, -0.05) is 31.5 Å². The molecule has 0 aliphatic carbocycles. The molecule has 3 rings (SSSR count). The van der Waals surface area contributed by atoms with Gasteiger partial charge in [-0.25, -0.2) is 9.97 Å². The number of thioether (sulfide) groups is 1. The van der Waals surface area contributed by atoms with E-state index in [1.807, 2.05) is 12.4 Å². The fourth-order valence-electron chi connectivity index (χ4n) is 3.60. The van der Waals surface area contributed by atoms with E-state index in [0.717, 1.165) is 23.5 Å². The molecular weight excluding hydrogens is 304 g/mol. The van der Waals surface area contributed by atoms with Crippen LogP contribution in [0.4, 0.5) is 0 Å². The van der Waals surface area contributed by atoms with Crippen LogP contribution in [-0.2, 0) is 6.54 Å². The molecule has 4 nitrogen and oxygen atoms in total. The van der Waals surface area contributed by atoms with Gasteiger partial charge in [0, 0.05) is 49.4 Å². The quantitative estimate of drug-likeness (QED) is 0.433. The minimum absolute atomic E-state index is 0.778. The van der Waals surface area contributed by atoms with Crippen LogP contribution in [-0.4, -0.2) is 57.7 Å². The van der Waals surface area contributed by atoms with Gasteiger partial charge in [-0.3, -0.25) is 9.80 Å². The lowest BCUT2D eigenvalue weighted by atomic mass is 10.1. The number of hydrogen-bond acceptors (Lipinski definition) is 5. The number of aromatic nitrogens is 2. The molecular formula is C18H30N4S. The Labute approximate surface area is 145 Å². The number of nitrogens with zero attached hydrogens (tertiary/aromatic N) is 4. The summed E-state index contributed by atoms with van der Waals surface area (Å²) in [6.07, 6.45) is 12.0. The van der Waals surface area contributed by atoms with E-state index in [2.05, 4.69) is 26.7 Å². The first-order chi connectivity index (χ1) is 11.3. The standard InChI is InChI=1S/C18H30N4S/c1-2-3-11-23-18-19-12-16(13-20-18)14-21-10-7-17(15-21)22-8-5-4-6-9-22/h12-13,17H,2-11,14-15H2,1H3/t17-/m0/s1. The lowest BCUT2D eigenvalue weighted by molar-refractivity contribution is 0.161. The zero-order valence-electron chi connectivity index (χ0n) is 14.4. The highest BCUT2D eigenvalue weighted by molar-refractivity contribution is 7.99. The van der Waals surface area contributed by atoms with E-state index in [0.29, 0.717) is 0 Å². The molecule has 2 aliphatic rings. The molecule has 2 aliphatic heterocycles. The molecule has 0 spiro atoms. The summed E-state index contributed by atoms with van der Waals surface area (Å²) in [5, 5.41) is 0.926. The summed E-state index contributed by atoms with van der Waals surface area (Å²) in [5.41, 5.74) is 1.25. The highest BCUT2D eigenvalue weighted by atomic mass is 32.2. The Morgan fingerprint density at radius 2 is 1.91 bits per heavy atom. The van der Waals surface area contributed by atoms with Crippen LogP contribution in [0.5, 0.6) is 0 Å². The molecule has 3 heterocycles. The fraction of sp³-hybridized carbons (Fsp3) is 0.778. The molecule has 0 N–H and O–H groups in total. The number of likely N-dealkylation sites (tertiary alicyclic amines) is 2. The summed E-state index contributed by atoms with van der Waals surface area (Å²) >= 11 is 1.77. The van der Waals surface area contributed by atoms with Gasteiger partial charge in [-0.15, -0.1) is 0 Å². The third-order valence-corrected chi connectivity index (χ3v) is 5.93. The van der Waals surface area contributed by atoms with Gasteiger partial charge in [-0.05, 0) is 38.8 Å². The number of hydrogen-bond donors (Lipinski definition) is 0. The molecule has 2 saturated heterocycles. The van der Waals surface area contributed by atoms with Crippen LogP contribution < -0.4 is 0 Å². The van der Waals surface area contributed by atoms with E-state index in [1.54, 1.807) is 11.8 Å². The zero-order chi connectivity index (χ0) is 15.9. The number of unbranched alkanes of at least 4 members (excludes halogenated alkanes) is 1. The Kier molecular flexibility index (Phi) is 6.72. The van der Waals surface area contributed by atoms with Crippen LogP contribution in [0.1, 0.15) is 51.0 Å². The van der Waals surface area contributed by atoms with Gasteiger partial charge < -0.3 is 0 Å². The minimum atomic E-state index is 0.778. The summed E-state index contributed by atoms with van der Waals surface area (Å²) in [4.78, 5) is 14.3. The van der Waals surface area contributed by atoms with Gasteiger partial charge in [0.15, 0.2) is 5.16 Å². The molecule has 128 valence electrons. The molecule has 0 bridgehead atoms. The second-order valence-corrected chi connectivity index (χ2v) is 7.91. The van der Waals surface area contributed by atoms with Crippen LogP contribution >= 0.6 is 11.8 Å². The fourth-order valence-corrected chi connectivity index (χ4v) is 4.47. The lowest BCUT2D eigenvalue weighted by Gasteiger charge is -2.32. The predicted octanol–water partition coefficient (Wildman–Crippen LogP) is 3.43. The molecule has 1 aromatic rings. The van der Waals surface area contributed by atoms with Crippen molar-refractivity contribution in [2.24, 2.45) is 0 Å². The van der Waals surface area contributed by atoms with Crippen LogP contribution in [0.2, 0.25) is 0 Å². The molecule has 0 unspecified atom stereocenters. The van der Waals surface area contributed by atoms with Crippen molar-refractivity contribution >= 4 is 11.8 Å². The van der Waals surface area contributed by atoms with Crippen molar-refractivity contribution in [1.82, 2.24) is 19.8 Å². The second-order valence-electron chi connectivity index (χ2n) is 6.85. The van der Waals surface area contributed by atoms with Crippen molar-refractivity contribution < 1.29 is 0 Å². The molecule has 1 atom stereocenters. The van der Waals surface area contributed by atoms with Crippen LogP contribution in [0, 0.1) is 0 Å². The highest BCUT2D eigenvalue weighted by Gasteiger charge is 2.28. The average molecular weight is 335 g/mol. The SMILES string of the molecule is CCCCSc1ncc(CN2CC[C@H](N3CCCCC3)C2)cn1. The first-order valence-corrected chi connectivity index (χ1v) is 10.2. The van der Waals surface area contributed by atoms with Gasteiger partial charge in [-0.2, -0.15) is 0 Å². The van der Waals surface area contributed by atoms with Crippen molar-refractivity contribution in [2.45, 2.75) is 63.2 Å². The number of piperidine rings is 1. The van der Waals surface area contributed by atoms with Gasteiger partial charge in [0.05, 0.1) is 0 Å². The smallest absolute Gasteiger partial charge is 0.187 e. The highest BCUT2D eigenvalue weighted by Crippen LogP contribution is 2.21. The van der Waals surface area contributed by atoms with E-state index in [1.165, 1.54) is 70.3 Å². The van der Waals surface area contributed by atoms with Crippen molar-refractivity contribution in [3.63, 3.8) is 0 Å². The Morgan fingerprint density at radius 3 is 2.65 bits per heavy atom. The molecule has 0 radical (unpaired) electrons. The second kappa shape index (κ2) is 9.00. The maximum atomic E-state index is 4.52. The van der Waals surface area contributed by atoms with Crippen molar-refractivity contribution in [3.8, 4) is 0 Å². The van der Waals surface area contributed by atoms with E-state index < -0.39 is 0 Å². The van der Waals surface area contributed by atoms with Crippen LogP contribution in [0.25, 0.3) is 0 Å². The van der Waals surface area contributed by atoms with Gasteiger partial charge >= 0.3 is 0 Å². The monoisotopic (exact) mass is 334 g/mol. The third kappa shape index (κ3) is 5.16. The van der Waals surface area contributed by atoms with Gasteiger partial charge in [0.25, 0.3) is 0 Å². The van der Waals surface area contributed by atoms with E-state index in [9.17, 15) is 0 Å². The molecule has 5 heteroatoms. The zero-order valence-corrected chi connectivity index (χ0v) is 15.2. The molecule has 0 saturated carbocycles. The Hall–Kier alpha value is -0.650. The van der Waals surface area contributed by atoms with Gasteiger partial charge in [0.2, 0.25) is 0 Å². The molecule has 0 aromatic carbocycles. The summed E-state index contributed by atoms with van der Waals surface area (Å²) < 4.78 is 0. The molecule has 23 heavy (non-hydrogen) atoms. The molecule has 1 aromatic heterocycles. The maximum Gasteiger partial charge on any atom is 0.187 e. The van der Waals surface area contributed by atoms with E-state index in [-0.39, 0.29) is 0 Å². The van der Waals surface area contributed by atoms with Crippen LogP contribution in [0.3, 0.4) is 0 Å². The summed E-state index contributed by atoms with van der Waals surface area (Å²) in [6.45, 7) is 8.28. The average Bonchev–Trinajstić information content (AvgIpc) is 3.06. The van der Waals surface area contributed by atoms with Gasteiger partial charge in [0.1, 0.15) is 0 Å². The Bertz CT molecular complexity index is 459.